The van der Waals surface area contributed by atoms with E-state index < -0.39 is 0 Å². The molecule has 4 aliphatic carbocycles. The molecular weight excluding hydrogens is 326 g/mol. The van der Waals surface area contributed by atoms with Gasteiger partial charge in [-0.25, -0.2) is 4.68 Å². The van der Waals surface area contributed by atoms with Crippen LogP contribution in [0.2, 0.25) is 0 Å². The Balaban J connectivity index is 1.21. The van der Waals surface area contributed by atoms with Crippen molar-refractivity contribution in [3.8, 4) is 5.75 Å². The Morgan fingerprint density at radius 2 is 1.73 bits per heavy atom. The minimum atomic E-state index is -0.0408. The van der Waals surface area contributed by atoms with Crippen molar-refractivity contribution in [2.24, 2.45) is 23.7 Å². The molecule has 6 rings (SSSR count). The average molecular weight is 351 g/mol. The quantitative estimate of drug-likeness (QED) is 0.897. The standard InChI is InChI=1S/C21H25N3O2/c25-21(22-20-16-9-14-8-15(11-16)12-17(20)10-14)19-6-7-24(23-19)13-26-18-4-2-1-3-5-18/h1-7,14-17,20H,8-13H2,(H,22,25). The Hall–Kier alpha value is -2.30. The molecule has 0 atom stereocenters. The van der Waals surface area contributed by atoms with Gasteiger partial charge in [-0.2, -0.15) is 5.10 Å². The third kappa shape index (κ3) is 3.00. The monoisotopic (exact) mass is 351 g/mol. The molecule has 0 spiro atoms. The maximum atomic E-state index is 12.7. The number of aromatic nitrogens is 2. The van der Waals surface area contributed by atoms with Crippen LogP contribution in [0.25, 0.3) is 0 Å². The van der Waals surface area contributed by atoms with Gasteiger partial charge >= 0.3 is 0 Å². The van der Waals surface area contributed by atoms with Crippen LogP contribution in [0.4, 0.5) is 0 Å². The van der Waals surface area contributed by atoms with Crippen LogP contribution in [0.15, 0.2) is 42.6 Å². The number of nitrogens with zero attached hydrogens (tertiary/aromatic N) is 2. The van der Waals surface area contributed by atoms with Crippen molar-refractivity contribution < 1.29 is 9.53 Å². The number of carbonyl (C=O) groups is 1. The topological polar surface area (TPSA) is 56.2 Å². The largest absolute Gasteiger partial charge is 0.471 e. The maximum Gasteiger partial charge on any atom is 0.272 e. The highest BCUT2D eigenvalue weighted by Gasteiger charge is 2.48. The lowest BCUT2D eigenvalue weighted by molar-refractivity contribution is -0.0120. The van der Waals surface area contributed by atoms with E-state index in [1.54, 1.807) is 16.9 Å². The molecule has 4 aliphatic rings. The number of nitrogens with one attached hydrogen (secondary N) is 1. The van der Waals surface area contributed by atoms with Crippen LogP contribution in [-0.4, -0.2) is 21.7 Å². The first-order valence-electron chi connectivity index (χ1n) is 9.77. The Morgan fingerprint density at radius 1 is 1.04 bits per heavy atom. The fourth-order valence-corrected chi connectivity index (χ4v) is 5.60. The number of hydrogen-bond donors (Lipinski definition) is 1. The number of benzene rings is 1. The Labute approximate surface area is 153 Å². The van der Waals surface area contributed by atoms with Gasteiger partial charge in [-0.15, -0.1) is 0 Å². The van der Waals surface area contributed by atoms with E-state index in [1.165, 1.54) is 32.1 Å². The maximum absolute atomic E-state index is 12.7. The van der Waals surface area contributed by atoms with Gasteiger partial charge in [0.15, 0.2) is 6.73 Å². The van der Waals surface area contributed by atoms with Gasteiger partial charge in [-0.3, -0.25) is 4.79 Å². The molecule has 26 heavy (non-hydrogen) atoms. The van der Waals surface area contributed by atoms with Crippen molar-refractivity contribution in [2.75, 3.05) is 0 Å². The number of para-hydroxylation sites is 1. The lowest BCUT2D eigenvalue weighted by atomic mass is 9.54. The minimum Gasteiger partial charge on any atom is -0.471 e. The van der Waals surface area contributed by atoms with Crippen LogP contribution in [0.1, 0.15) is 42.6 Å². The first-order chi connectivity index (χ1) is 12.7. The predicted molar refractivity (Wildman–Crippen MR) is 97.6 cm³/mol. The summed E-state index contributed by atoms with van der Waals surface area (Å²) in [7, 11) is 0. The van der Waals surface area contributed by atoms with E-state index in [2.05, 4.69) is 10.4 Å². The zero-order valence-electron chi connectivity index (χ0n) is 14.9. The third-order valence-electron chi connectivity index (χ3n) is 6.50. The smallest absolute Gasteiger partial charge is 0.272 e. The molecule has 1 aromatic heterocycles. The van der Waals surface area contributed by atoms with Gasteiger partial charge in [0.25, 0.3) is 5.91 Å². The molecule has 1 heterocycles. The molecule has 0 radical (unpaired) electrons. The van der Waals surface area contributed by atoms with Gasteiger partial charge in [-0.1, -0.05) is 18.2 Å². The molecule has 0 unspecified atom stereocenters. The molecule has 1 N–H and O–H groups in total. The summed E-state index contributed by atoms with van der Waals surface area (Å²) in [4.78, 5) is 12.7. The number of ether oxygens (including phenoxy) is 1. The van der Waals surface area contributed by atoms with E-state index in [0.717, 1.165) is 17.6 Å². The zero-order chi connectivity index (χ0) is 17.5. The van der Waals surface area contributed by atoms with Crippen molar-refractivity contribution >= 4 is 5.91 Å². The van der Waals surface area contributed by atoms with Crippen LogP contribution in [0.5, 0.6) is 5.75 Å². The summed E-state index contributed by atoms with van der Waals surface area (Å²) in [6.07, 6.45) is 8.44. The Bertz CT molecular complexity index is 758. The summed E-state index contributed by atoms with van der Waals surface area (Å²) in [6, 6.07) is 11.8. The highest BCUT2D eigenvalue weighted by Crippen LogP contribution is 2.53. The molecule has 5 nitrogen and oxygen atoms in total. The predicted octanol–water partition coefficient (Wildman–Crippen LogP) is 3.47. The molecule has 136 valence electrons. The fraction of sp³-hybridized carbons (Fsp3) is 0.524. The van der Waals surface area contributed by atoms with Gasteiger partial charge < -0.3 is 10.1 Å². The normalized spacial score (nSPS) is 31.8. The summed E-state index contributed by atoms with van der Waals surface area (Å²) in [5.41, 5.74) is 0.482. The second-order valence-corrected chi connectivity index (χ2v) is 8.26. The fourth-order valence-electron chi connectivity index (χ4n) is 5.60. The number of amides is 1. The molecule has 1 amide bonds. The molecule has 0 saturated heterocycles. The lowest BCUT2D eigenvalue weighted by Crippen LogP contribution is -2.55. The van der Waals surface area contributed by atoms with Crippen LogP contribution in [0, 0.1) is 23.7 Å². The highest BCUT2D eigenvalue weighted by molar-refractivity contribution is 5.92. The van der Waals surface area contributed by atoms with E-state index in [4.69, 9.17) is 4.74 Å². The van der Waals surface area contributed by atoms with Crippen molar-refractivity contribution in [1.29, 1.82) is 0 Å². The van der Waals surface area contributed by atoms with Crippen LogP contribution >= 0.6 is 0 Å². The van der Waals surface area contributed by atoms with Gasteiger partial charge in [0.2, 0.25) is 0 Å². The van der Waals surface area contributed by atoms with Gasteiger partial charge in [0, 0.05) is 12.2 Å². The number of carbonyl (C=O) groups excluding carboxylic acids is 1. The average Bonchev–Trinajstić information content (AvgIpc) is 3.12. The summed E-state index contributed by atoms with van der Waals surface area (Å²) in [5, 5.41) is 7.70. The Morgan fingerprint density at radius 3 is 2.42 bits per heavy atom. The second-order valence-electron chi connectivity index (χ2n) is 8.26. The van der Waals surface area contributed by atoms with E-state index in [0.29, 0.717) is 30.3 Å². The summed E-state index contributed by atoms with van der Waals surface area (Å²) in [6.45, 7) is 0.301. The molecule has 0 aliphatic heterocycles. The lowest BCUT2D eigenvalue weighted by Gasteiger charge is -2.54. The molecular formula is C21H25N3O2. The van der Waals surface area contributed by atoms with E-state index >= 15 is 0 Å². The SMILES string of the molecule is O=C(NC1C2CC3CC(C2)CC1C3)c1ccn(COc2ccccc2)n1. The highest BCUT2D eigenvalue weighted by atomic mass is 16.5. The molecule has 4 saturated carbocycles. The zero-order valence-corrected chi connectivity index (χ0v) is 14.9. The van der Waals surface area contributed by atoms with Gasteiger partial charge in [-0.05, 0) is 74.0 Å². The van der Waals surface area contributed by atoms with Crippen molar-refractivity contribution in [1.82, 2.24) is 15.1 Å². The van der Waals surface area contributed by atoms with Crippen molar-refractivity contribution in [3.05, 3.63) is 48.3 Å². The summed E-state index contributed by atoms with van der Waals surface area (Å²) < 4.78 is 7.35. The van der Waals surface area contributed by atoms with Crippen LogP contribution in [-0.2, 0) is 6.73 Å². The first-order valence-corrected chi connectivity index (χ1v) is 9.77. The number of hydrogen-bond acceptors (Lipinski definition) is 3. The summed E-state index contributed by atoms with van der Waals surface area (Å²) in [5.74, 6) is 3.95. The second kappa shape index (κ2) is 6.45. The Kier molecular flexibility index (Phi) is 3.95. The van der Waals surface area contributed by atoms with Crippen LogP contribution < -0.4 is 10.1 Å². The van der Waals surface area contributed by atoms with Crippen molar-refractivity contribution in [2.45, 2.75) is 44.9 Å². The van der Waals surface area contributed by atoms with Crippen LogP contribution in [0.3, 0.4) is 0 Å². The molecule has 4 bridgehead atoms. The molecule has 1 aromatic carbocycles. The van der Waals surface area contributed by atoms with Gasteiger partial charge in [0.05, 0.1) is 0 Å². The molecule has 2 aromatic rings. The third-order valence-corrected chi connectivity index (χ3v) is 6.50. The first kappa shape index (κ1) is 15.9. The molecule has 4 fully saturated rings. The minimum absolute atomic E-state index is 0.0408. The van der Waals surface area contributed by atoms with E-state index in [1.807, 2.05) is 30.3 Å². The van der Waals surface area contributed by atoms with Crippen molar-refractivity contribution in [3.63, 3.8) is 0 Å². The molecule has 5 heteroatoms. The van der Waals surface area contributed by atoms with E-state index in [9.17, 15) is 4.79 Å². The summed E-state index contributed by atoms with van der Waals surface area (Å²) >= 11 is 0. The number of rotatable bonds is 5. The van der Waals surface area contributed by atoms with Gasteiger partial charge in [0.1, 0.15) is 11.4 Å². The van der Waals surface area contributed by atoms with E-state index in [-0.39, 0.29) is 5.91 Å².